The Kier molecular flexibility index (Phi) is 7.66. The minimum Gasteiger partial charge on any atom is -0.490 e. The molecule has 140 valence electrons. The molecule has 7 heteroatoms. The molecule has 0 unspecified atom stereocenters. The van der Waals surface area contributed by atoms with Gasteiger partial charge < -0.3 is 9.84 Å². The number of thioether (sulfide) groups is 1. The van der Waals surface area contributed by atoms with Crippen LogP contribution in [0.2, 0.25) is 0 Å². The Labute approximate surface area is 163 Å². The smallest absolute Gasteiger partial charge is 0.303 e. The zero-order chi connectivity index (χ0) is 19.1. The van der Waals surface area contributed by atoms with Crippen LogP contribution in [0.5, 0.6) is 5.75 Å². The number of nitrogens with zero attached hydrogens (tertiary/aromatic N) is 1. The van der Waals surface area contributed by atoms with Crippen LogP contribution >= 0.6 is 24.0 Å². The van der Waals surface area contributed by atoms with Crippen LogP contribution in [0.1, 0.15) is 45.1 Å². The molecule has 5 nitrogen and oxygen atoms in total. The first kappa shape index (κ1) is 20.5. The number of aliphatic carboxylic acids is 1. The molecular formula is C19H23NO4S2. The van der Waals surface area contributed by atoms with Crippen LogP contribution in [0.15, 0.2) is 29.2 Å². The zero-order valence-corrected chi connectivity index (χ0v) is 16.6. The van der Waals surface area contributed by atoms with Crippen molar-refractivity contribution in [1.29, 1.82) is 0 Å². The molecule has 1 aliphatic heterocycles. The SMILES string of the molecule is CC(C)Oc1ccccc1/C=C1\SC(=S)N(CCCCCC(=O)O)C1=O. The molecule has 0 saturated carbocycles. The van der Waals surface area contributed by atoms with Gasteiger partial charge in [0.1, 0.15) is 10.1 Å². The maximum atomic E-state index is 12.6. The van der Waals surface area contributed by atoms with Crippen LogP contribution in [-0.4, -0.2) is 38.9 Å². The van der Waals surface area contributed by atoms with Crippen LogP contribution in [0.3, 0.4) is 0 Å². The number of thiocarbonyl (C=S) groups is 1. The van der Waals surface area contributed by atoms with Crippen molar-refractivity contribution in [3.8, 4) is 5.75 Å². The summed E-state index contributed by atoms with van der Waals surface area (Å²) < 4.78 is 6.34. The Morgan fingerprint density at radius 2 is 2.04 bits per heavy atom. The van der Waals surface area contributed by atoms with Crippen molar-refractivity contribution in [2.24, 2.45) is 0 Å². The van der Waals surface area contributed by atoms with E-state index in [-0.39, 0.29) is 18.4 Å². The van der Waals surface area contributed by atoms with Crippen molar-refractivity contribution in [3.05, 3.63) is 34.7 Å². The molecule has 1 aromatic carbocycles. The van der Waals surface area contributed by atoms with Gasteiger partial charge in [0.25, 0.3) is 5.91 Å². The second kappa shape index (κ2) is 9.73. The van der Waals surface area contributed by atoms with Gasteiger partial charge in [-0.15, -0.1) is 0 Å². The molecular weight excluding hydrogens is 370 g/mol. The van der Waals surface area contributed by atoms with Gasteiger partial charge in [0, 0.05) is 18.5 Å². The molecule has 1 saturated heterocycles. The van der Waals surface area contributed by atoms with E-state index in [1.165, 1.54) is 11.8 Å². The van der Waals surface area contributed by atoms with E-state index in [0.29, 0.717) is 22.2 Å². The Hall–Kier alpha value is -1.86. The monoisotopic (exact) mass is 393 g/mol. The third-order valence-corrected chi connectivity index (χ3v) is 5.09. The number of para-hydroxylation sites is 1. The second-order valence-electron chi connectivity index (χ2n) is 6.24. The number of amides is 1. The molecule has 0 spiro atoms. The van der Waals surface area contributed by atoms with Crippen LogP contribution < -0.4 is 4.74 Å². The number of ether oxygens (including phenoxy) is 1. The zero-order valence-electron chi connectivity index (χ0n) is 14.9. The highest BCUT2D eigenvalue weighted by molar-refractivity contribution is 8.26. The van der Waals surface area contributed by atoms with Gasteiger partial charge in [0.05, 0.1) is 11.0 Å². The molecule has 1 fully saturated rings. The number of hydrogen-bond acceptors (Lipinski definition) is 5. The van der Waals surface area contributed by atoms with Crippen molar-refractivity contribution in [3.63, 3.8) is 0 Å². The number of carbonyl (C=O) groups is 2. The highest BCUT2D eigenvalue weighted by Crippen LogP contribution is 2.34. The summed E-state index contributed by atoms with van der Waals surface area (Å²) in [4.78, 5) is 25.3. The fourth-order valence-corrected chi connectivity index (χ4v) is 3.82. The summed E-state index contributed by atoms with van der Waals surface area (Å²) >= 11 is 6.63. The van der Waals surface area contributed by atoms with Gasteiger partial charge in [-0.3, -0.25) is 14.5 Å². The summed E-state index contributed by atoms with van der Waals surface area (Å²) in [6.45, 7) is 4.44. The lowest BCUT2D eigenvalue weighted by Crippen LogP contribution is -2.29. The van der Waals surface area contributed by atoms with Crippen LogP contribution in [-0.2, 0) is 9.59 Å². The van der Waals surface area contributed by atoms with Gasteiger partial charge in [0.2, 0.25) is 0 Å². The number of benzene rings is 1. The van der Waals surface area contributed by atoms with Gasteiger partial charge in [-0.25, -0.2) is 0 Å². The number of rotatable bonds is 9. The Bertz CT molecular complexity index is 715. The van der Waals surface area contributed by atoms with Crippen molar-refractivity contribution in [1.82, 2.24) is 4.90 Å². The number of carboxylic acids is 1. The predicted octanol–water partition coefficient (Wildman–Crippen LogP) is 4.32. The van der Waals surface area contributed by atoms with E-state index < -0.39 is 5.97 Å². The molecule has 0 aliphatic carbocycles. The van der Waals surface area contributed by atoms with E-state index in [1.807, 2.05) is 44.2 Å². The lowest BCUT2D eigenvalue weighted by Gasteiger charge is -2.14. The second-order valence-corrected chi connectivity index (χ2v) is 7.92. The molecule has 2 rings (SSSR count). The fraction of sp³-hybridized carbons (Fsp3) is 0.421. The van der Waals surface area contributed by atoms with Gasteiger partial charge in [0.15, 0.2) is 0 Å². The lowest BCUT2D eigenvalue weighted by atomic mass is 10.1. The van der Waals surface area contributed by atoms with Crippen LogP contribution in [0.25, 0.3) is 6.08 Å². The van der Waals surface area contributed by atoms with E-state index in [0.717, 1.165) is 24.2 Å². The highest BCUT2D eigenvalue weighted by Gasteiger charge is 2.31. The minimum atomic E-state index is -0.791. The maximum Gasteiger partial charge on any atom is 0.303 e. The van der Waals surface area contributed by atoms with Crippen molar-refractivity contribution in [2.45, 2.75) is 45.6 Å². The van der Waals surface area contributed by atoms with Gasteiger partial charge in [-0.2, -0.15) is 0 Å². The normalized spacial score (nSPS) is 16.0. The average Bonchev–Trinajstić information content (AvgIpc) is 2.83. The summed E-state index contributed by atoms with van der Waals surface area (Å²) in [5, 5.41) is 8.65. The van der Waals surface area contributed by atoms with E-state index in [2.05, 4.69) is 0 Å². The van der Waals surface area contributed by atoms with Gasteiger partial charge in [-0.05, 0) is 38.8 Å². The first-order valence-corrected chi connectivity index (χ1v) is 9.84. The van der Waals surface area contributed by atoms with Gasteiger partial charge in [-0.1, -0.05) is 48.6 Å². The van der Waals surface area contributed by atoms with Crippen LogP contribution in [0, 0.1) is 0 Å². The van der Waals surface area contributed by atoms with E-state index in [1.54, 1.807) is 4.90 Å². The molecule has 1 aromatic rings. The first-order chi connectivity index (χ1) is 12.4. The number of carbonyl (C=O) groups excluding carboxylic acids is 1. The quantitative estimate of drug-likeness (QED) is 0.383. The van der Waals surface area contributed by atoms with Gasteiger partial charge >= 0.3 is 5.97 Å². The molecule has 0 aromatic heterocycles. The predicted molar refractivity (Wildman–Crippen MR) is 108 cm³/mol. The van der Waals surface area contributed by atoms with Crippen LogP contribution in [0.4, 0.5) is 0 Å². The average molecular weight is 394 g/mol. The minimum absolute atomic E-state index is 0.0462. The number of unbranched alkanes of at least 4 members (excludes halogenated alkanes) is 2. The first-order valence-electron chi connectivity index (χ1n) is 8.61. The number of hydrogen-bond donors (Lipinski definition) is 1. The molecule has 0 bridgehead atoms. The van der Waals surface area contributed by atoms with Crippen molar-refractivity contribution >= 4 is 46.3 Å². The topological polar surface area (TPSA) is 66.8 Å². The van der Waals surface area contributed by atoms with E-state index in [9.17, 15) is 9.59 Å². The van der Waals surface area contributed by atoms with Crippen molar-refractivity contribution in [2.75, 3.05) is 6.54 Å². The van der Waals surface area contributed by atoms with E-state index in [4.69, 9.17) is 22.1 Å². The summed E-state index contributed by atoms with van der Waals surface area (Å²) in [6, 6.07) is 7.60. The number of carboxylic acid groups (broad SMARTS) is 1. The molecule has 0 radical (unpaired) electrons. The molecule has 0 atom stereocenters. The largest absolute Gasteiger partial charge is 0.490 e. The summed E-state index contributed by atoms with van der Waals surface area (Å²) in [7, 11) is 0. The third kappa shape index (κ3) is 5.85. The third-order valence-electron chi connectivity index (χ3n) is 3.71. The standard InChI is InChI=1S/C19H23NO4S2/c1-13(2)24-15-9-6-5-8-14(15)12-16-18(23)20(19(25)26-16)11-7-3-4-10-17(21)22/h5-6,8-9,12-13H,3-4,7,10-11H2,1-2H3,(H,21,22)/b16-12-. The molecule has 26 heavy (non-hydrogen) atoms. The Morgan fingerprint density at radius 3 is 2.73 bits per heavy atom. The van der Waals surface area contributed by atoms with E-state index >= 15 is 0 Å². The Balaban J connectivity index is 2.02. The molecule has 1 aliphatic rings. The molecule has 1 heterocycles. The Morgan fingerprint density at radius 1 is 1.31 bits per heavy atom. The summed E-state index contributed by atoms with van der Waals surface area (Å²) in [6.07, 6.45) is 4.13. The summed E-state index contributed by atoms with van der Waals surface area (Å²) in [5.41, 5.74) is 0.850. The maximum absolute atomic E-state index is 12.6. The summed E-state index contributed by atoms with van der Waals surface area (Å²) in [5.74, 6) is -0.153. The van der Waals surface area contributed by atoms with Crippen molar-refractivity contribution < 1.29 is 19.4 Å². The lowest BCUT2D eigenvalue weighted by molar-refractivity contribution is -0.137. The molecule has 1 amide bonds. The fourth-order valence-electron chi connectivity index (χ4n) is 2.52. The highest BCUT2D eigenvalue weighted by atomic mass is 32.2. The molecule has 1 N–H and O–H groups in total.